The van der Waals surface area contributed by atoms with Gasteiger partial charge in [-0.05, 0) is 37.3 Å². The zero-order valence-electron chi connectivity index (χ0n) is 11.3. The Bertz CT molecular complexity index is 675. The van der Waals surface area contributed by atoms with Gasteiger partial charge >= 0.3 is 0 Å². The molecular formula is C15H14Cl2N2O2. The number of benzene rings is 2. The maximum atomic E-state index is 12.0. The van der Waals surface area contributed by atoms with Crippen LogP contribution in [0.1, 0.15) is 17.3 Å². The third-order valence-electron chi connectivity index (χ3n) is 2.70. The van der Waals surface area contributed by atoms with Gasteiger partial charge in [0.15, 0.2) is 0 Å². The normalized spacial score (nSPS) is 10.2. The first-order valence-electron chi connectivity index (χ1n) is 6.32. The van der Waals surface area contributed by atoms with Crippen molar-refractivity contribution in [2.45, 2.75) is 6.92 Å². The number of hydrogen-bond acceptors (Lipinski definition) is 3. The molecule has 0 atom stereocenters. The molecule has 6 heteroatoms. The molecule has 0 aromatic heterocycles. The van der Waals surface area contributed by atoms with Crippen LogP contribution in [0, 0.1) is 0 Å². The summed E-state index contributed by atoms with van der Waals surface area (Å²) in [7, 11) is 0. The van der Waals surface area contributed by atoms with Crippen LogP contribution in [0.3, 0.4) is 0 Å². The van der Waals surface area contributed by atoms with E-state index in [9.17, 15) is 4.79 Å². The van der Waals surface area contributed by atoms with Crippen molar-refractivity contribution in [1.82, 2.24) is 5.32 Å². The van der Waals surface area contributed by atoms with Crippen LogP contribution in [-0.4, -0.2) is 12.5 Å². The Kier molecular flexibility index (Phi) is 4.94. The third kappa shape index (κ3) is 3.80. The van der Waals surface area contributed by atoms with Crippen molar-refractivity contribution in [2.75, 3.05) is 12.3 Å². The van der Waals surface area contributed by atoms with Crippen molar-refractivity contribution in [3.8, 4) is 11.5 Å². The molecule has 2 aromatic rings. The maximum Gasteiger partial charge on any atom is 0.255 e. The first-order chi connectivity index (χ1) is 10.0. The van der Waals surface area contributed by atoms with E-state index >= 15 is 0 Å². The number of nitrogen functional groups attached to an aromatic ring is 1. The number of nitrogens with one attached hydrogen (secondary N) is 1. The van der Waals surface area contributed by atoms with Crippen LogP contribution in [0.2, 0.25) is 10.0 Å². The van der Waals surface area contributed by atoms with Crippen LogP contribution >= 0.6 is 23.2 Å². The number of ether oxygens (including phenoxy) is 1. The summed E-state index contributed by atoms with van der Waals surface area (Å²) in [4.78, 5) is 12.0. The van der Waals surface area contributed by atoms with Crippen LogP contribution in [0.5, 0.6) is 11.5 Å². The average molecular weight is 325 g/mol. The van der Waals surface area contributed by atoms with Gasteiger partial charge in [-0.25, -0.2) is 0 Å². The van der Waals surface area contributed by atoms with Crippen molar-refractivity contribution >= 4 is 34.8 Å². The van der Waals surface area contributed by atoms with E-state index in [2.05, 4.69) is 5.32 Å². The summed E-state index contributed by atoms with van der Waals surface area (Å²) in [5.41, 5.74) is 6.63. The molecule has 3 N–H and O–H groups in total. The molecule has 0 aliphatic heterocycles. The van der Waals surface area contributed by atoms with Crippen molar-refractivity contribution < 1.29 is 9.53 Å². The Hall–Kier alpha value is -1.91. The molecule has 0 saturated heterocycles. The smallest absolute Gasteiger partial charge is 0.255 e. The predicted molar refractivity (Wildman–Crippen MR) is 85.4 cm³/mol. The van der Waals surface area contributed by atoms with E-state index < -0.39 is 0 Å². The molecule has 0 radical (unpaired) electrons. The molecular weight excluding hydrogens is 311 g/mol. The molecule has 0 bridgehead atoms. The minimum absolute atomic E-state index is 0.238. The van der Waals surface area contributed by atoms with Gasteiger partial charge in [-0.15, -0.1) is 0 Å². The van der Waals surface area contributed by atoms with Crippen LogP contribution in [0.4, 0.5) is 5.69 Å². The first-order valence-corrected chi connectivity index (χ1v) is 7.07. The fourth-order valence-electron chi connectivity index (χ4n) is 1.74. The molecule has 1 amide bonds. The van der Waals surface area contributed by atoms with E-state index in [4.69, 9.17) is 33.7 Å². The highest BCUT2D eigenvalue weighted by atomic mass is 35.5. The molecule has 0 fully saturated rings. The number of halogens is 2. The maximum absolute atomic E-state index is 12.0. The molecule has 21 heavy (non-hydrogen) atoms. The minimum Gasteiger partial charge on any atom is -0.455 e. The molecule has 110 valence electrons. The van der Waals surface area contributed by atoms with Crippen LogP contribution in [0.15, 0.2) is 36.4 Å². The highest BCUT2D eigenvalue weighted by molar-refractivity contribution is 6.35. The number of carbonyl (C=O) groups excluding carboxylic acids is 1. The quantitative estimate of drug-likeness (QED) is 0.831. The van der Waals surface area contributed by atoms with Gasteiger partial charge in [0, 0.05) is 23.3 Å². The van der Waals surface area contributed by atoms with E-state index in [-0.39, 0.29) is 5.91 Å². The summed E-state index contributed by atoms with van der Waals surface area (Å²) in [6.07, 6.45) is 0. The second-order valence-corrected chi connectivity index (χ2v) is 5.14. The highest BCUT2D eigenvalue weighted by Crippen LogP contribution is 2.34. The summed E-state index contributed by atoms with van der Waals surface area (Å²) in [5.74, 6) is 0.500. The summed E-state index contributed by atoms with van der Waals surface area (Å²) in [6.45, 7) is 2.36. The van der Waals surface area contributed by atoms with Gasteiger partial charge in [-0.1, -0.05) is 23.2 Å². The molecule has 2 aromatic carbocycles. The summed E-state index contributed by atoms with van der Waals surface area (Å²) in [5, 5.41) is 3.57. The number of carbonyl (C=O) groups is 1. The summed E-state index contributed by atoms with van der Waals surface area (Å²) in [6, 6.07) is 9.68. The number of rotatable bonds is 4. The molecule has 0 unspecified atom stereocenters. The second kappa shape index (κ2) is 6.70. The van der Waals surface area contributed by atoms with E-state index in [1.807, 2.05) is 6.92 Å². The Morgan fingerprint density at radius 1 is 1.19 bits per heavy atom. The topological polar surface area (TPSA) is 64.4 Å². The summed E-state index contributed by atoms with van der Waals surface area (Å²) < 4.78 is 5.71. The Labute approximate surface area is 132 Å². The van der Waals surface area contributed by atoms with E-state index in [1.165, 1.54) is 0 Å². The lowest BCUT2D eigenvalue weighted by Gasteiger charge is -2.13. The molecule has 0 aliphatic rings. The molecule has 4 nitrogen and oxygen atoms in total. The van der Waals surface area contributed by atoms with Gasteiger partial charge in [0.25, 0.3) is 5.91 Å². The number of anilines is 1. The second-order valence-electron chi connectivity index (χ2n) is 4.29. The van der Waals surface area contributed by atoms with Gasteiger partial charge in [0.1, 0.15) is 11.5 Å². The summed E-state index contributed by atoms with van der Waals surface area (Å²) >= 11 is 11.9. The lowest BCUT2D eigenvalue weighted by Crippen LogP contribution is -2.23. The number of hydrogen-bond donors (Lipinski definition) is 2. The van der Waals surface area contributed by atoms with Crippen LogP contribution in [0.25, 0.3) is 0 Å². The fourth-order valence-corrected chi connectivity index (χ4v) is 2.19. The molecule has 0 saturated carbocycles. The Morgan fingerprint density at radius 2 is 1.95 bits per heavy atom. The standard InChI is InChI=1S/C15H14Cl2N2O2/c1-2-19-15(20)11-5-4-10(18)8-14(11)21-13-6-3-9(16)7-12(13)17/h3-8H,2,18H2,1H3,(H,19,20). The van der Waals surface area contributed by atoms with Crippen molar-refractivity contribution in [2.24, 2.45) is 0 Å². The van der Waals surface area contributed by atoms with Crippen molar-refractivity contribution in [3.05, 3.63) is 52.0 Å². The molecule has 0 heterocycles. The minimum atomic E-state index is -0.238. The highest BCUT2D eigenvalue weighted by Gasteiger charge is 2.14. The number of nitrogens with two attached hydrogens (primary N) is 1. The van der Waals surface area contributed by atoms with Gasteiger partial charge in [0.2, 0.25) is 0 Å². The molecule has 0 aliphatic carbocycles. The zero-order chi connectivity index (χ0) is 15.4. The average Bonchev–Trinajstić information content (AvgIpc) is 2.42. The van der Waals surface area contributed by atoms with Crippen molar-refractivity contribution in [1.29, 1.82) is 0 Å². The van der Waals surface area contributed by atoms with E-state index in [0.717, 1.165) is 0 Å². The fraction of sp³-hybridized carbons (Fsp3) is 0.133. The lowest BCUT2D eigenvalue weighted by molar-refractivity contribution is 0.0953. The Balaban J connectivity index is 2.38. The largest absolute Gasteiger partial charge is 0.455 e. The van der Waals surface area contributed by atoms with Crippen molar-refractivity contribution in [3.63, 3.8) is 0 Å². The van der Waals surface area contributed by atoms with E-state index in [0.29, 0.717) is 39.3 Å². The SMILES string of the molecule is CCNC(=O)c1ccc(N)cc1Oc1ccc(Cl)cc1Cl. The van der Waals surface area contributed by atoms with Crippen LogP contribution in [-0.2, 0) is 0 Å². The monoisotopic (exact) mass is 324 g/mol. The lowest BCUT2D eigenvalue weighted by atomic mass is 10.1. The number of amides is 1. The van der Waals surface area contributed by atoms with Gasteiger partial charge in [-0.3, -0.25) is 4.79 Å². The zero-order valence-corrected chi connectivity index (χ0v) is 12.8. The predicted octanol–water partition coefficient (Wildman–Crippen LogP) is 4.12. The van der Waals surface area contributed by atoms with Gasteiger partial charge in [0.05, 0.1) is 10.6 Å². The molecule has 0 spiro atoms. The third-order valence-corrected chi connectivity index (χ3v) is 3.23. The Morgan fingerprint density at radius 3 is 2.62 bits per heavy atom. The van der Waals surface area contributed by atoms with Crippen LogP contribution < -0.4 is 15.8 Å². The molecule has 2 rings (SSSR count). The first kappa shape index (κ1) is 15.5. The van der Waals surface area contributed by atoms with Gasteiger partial charge in [-0.2, -0.15) is 0 Å². The van der Waals surface area contributed by atoms with E-state index in [1.54, 1.807) is 36.4 Å². The van der Waals surface area contributed by atoms with Gasteiger partial charge < -0.3 is 15.8 Å².